The number of allylic oxidation sites excluding steroid dienone is 2. The third-order valence-corrected chi connectivity index (χ3v) is 3.65. The van der Waals surface area contributed by atoms with Gasteiger partial charge >= 0.3 is 0 Å². The quantitative estimate of drug-likeness (QED) is 0.570. The second-order valence-electron chi connectivity index (χ2n) is 5.27. The fourth-order valence-electron chi connectivity index (χ4n) is 2.37. The van der Waals surface area contributed by atoms with E-state index in [0.29, 0.717) is 16.8 Å². The summed E-state index contributed by atoms with van der Waals surface area (Å²) >= 11 is 0. The summed E-state index contributed by atoms with van der Waals surface area (Å²) in [6.45, 7) is 0. The van der Waals surface area contributed by atoms with Crippen molar-refractivity contribution in [2.45, 2.75) is 0 Å². The van der Waals surface area contributed by atoms with E-state index in [0.717, 1.165) is 5.39 Å². The summed E-state index contributed by atoms with van der Waals surface area (Å²) in [6.07, 6.45) is 0. The molecular formula is C20H10N4O2. The van der Waals surface area contributed by atoms with Crippen molar-refractivity contribution < 1.29 is 9.21 Å². The van der Waals surface area contributed by atoms with Crippen LogP contribution in [0.2, 0.25) is 0 Å². The Bertz CT molecular complexity index is 1100. The van der Waals surface area contributed by atoms with Gasteiger partial charge in [-0.15, -0.1) is 0 Å². The average Bonchev–Trinajstić information content (AvgIpc) is 3.12. The molecule has 0 bridgehead atoms. The predicted molar refractivity (Wildman–Crippen MR) is 93.6 cm³/mol. The first-order valence-corrected chi connectivity index (χ1v) is 7.51. The van der Waals surface area contributed by atoms with Crippen molar-refractivity contribution in [3.8, 4) is 18.2 Å². The van der Waals surface area contributed by atoms with E-state index in [1.54, 1.807) is 54.6 Å². The van der Waals surface area contributed by atoms with E-state index >= 15 is 0 Å². The lowest BCUT2D eigenvalue weighted by atomic mass is 10.1. The largest absolute Gasteiger partial charge is 0.453 e. The second-order valence-corrected chi connectivity index (χ2v) is 5.27. The molecule has 0 amide bonds. The van der Waals surface area contributed by atoms with Gasteiger partial charge in [0.25, 0.3) is 0 Å². The molecule has 0 spiro atoms. The zero-order chi connectivity index (χ0) is 18.5. The van der Waals surface area contributed by atoms with Gasteiger partial charge in [0, 0.05) is 16.6 Å². The molecule has 6 heteroatoms. The number of nitrogens with one attached hydrogen (secondary N) is 1. The first kappa shape index (κ1) is 16.5. The third kappa shape index (κ3) is 3.14. The highest BCUT2D eigenvalue weighted by molar-refractivity contribution is 6.09. The second kappa shape index (κ2) is 7.05. The molecule has 26 heavy (non-hydrogen) atoms. The van der Waals surface area contributed by atoms with E-state index in [9.17, 15) is 4.79 Å². The number of rotatable bonds is 4. The third-order valence-electron chi connectivity index (χ3n) is 3.65. The van der Waals surface area contributed by atoms with Crippen molar-refractivity contribution in [3.63, 3.8) is 0 Å². The Hall–Kier alpha value is -4.34. The molecule has 0 atom stereocenters. The lowest BCUT2D eigenvalue weighted by Crippen LogP contribution is -2.02. The first-order chi connectivity index (χ1) is 12.7. The number of carbonyl (C=O) groups is 1. The van der Waals surface area contributed by atoms with Crippen molar-refractivity contribution in [3.05, 3.63) is 77.2 Å². The minimum absolute atomic E-state index is 0.147. The van der Waals surface area contributed by atoms with Crippen LogP contribution in [0.1, 0.15) is 16.1 Å². The normalized spacial score (nSPS) is 9.58. The highest BCUT2D eigenvalue weighted by Gasteiger charge is 2.14. The van der Waals surface area contributed by atoms with Crippen molar-refractivity contribution in [1.29, 1.82) is 15.8 Å². The van der Waals surface area contributed by atoms with Gasteiger partial charge in [-0.25, -0.2) is 0 Å². The van der Waals surface area contributed by atoms with Crippen LogP contribution in [-0.2, 0) is 0 Å². The molecule has 2 aromatic carbocycles. The van der Waals surface area contributed by atoms with E-state index in [1.165, 1.54) is 0 Å². The number of hydrogen-bond acceptors (Lipinski definition) is 6. The van der Waals surface area contributed by atoms with E-state index in [-0.39, 0.29) is 22.8 Å². The van der Waals surface area contributed by atoms with Crippen molar-refractivity contribution in [2.24, 2.45) is 0 Å². The highest BCUT2D eigenvalue weighted by Crippen LogP contribution is 2.22. The Morgan fingerprint density at radius 2 is 1.62 bits per heavy atom. The lowest BCUT2D eigenvalue weighted by molar-refractivity contribution is 0.101. The maximum atomic E-state index is 12.5. The molecule has 0 aliphatic carbocycles. The average molecular weight is 338 g/mol. The summed E-state index contributed by atoms with van der Waals surface area (Å²) < 4.78 is 5.57. The number of fused-ring (bicyclic) bond motifs is 1. The van der Waals surface area contributed by atoms with Crippen LogP contribution in [0.3, 0.4) is 0 Å². The lowest BCUT2D eigenvalue weighted by Gasteiger charge is -2.05. The molecule has 0 aliphatic heterocycles. The molecule has 0 saturated heterocycles. The Morgan fingerprint density at radius 1 is 0.923 bits per heavy atom. The Labute approximate surface area is 148 Å². The number of furan rings is 1. The van der Waals surface area contributed by atoms with Gasteiger partial charge in [0.05, 0.1) is 0 Å². The predicted octanol–water partition coefficient (Wildman–Crippen LogP) is 3.90. The standard InChI is InChI=1S/C20H10N4O2/c21-10-15(11-22)17(12-23)24-16-7-5-13(6-8-16)20(25)19-9-14-3-1-2-4-18(14)26-19/h1-9,24H. The summed E-state index contributed by atoms with van der Waals surface area (Å²) in [7, 11) is 0. The van der Waals surface area contributed by atoms with E-state index in [4.69, 9.17) is 20.2 Å². The molecule has 0 unspecified atom stereocenters. The molecule has 3 rings (SSSR count). The van der Waals surface area contributed by atoms with Crippen LogP contribution in [0.5, 0.6) is 0 Å². The summed E-state index contributed by atoms with van der Waals surface area (Å²) in [4.78, 5) is 12.5. The number of hydrogen-bond donors (Lipinski definition) is 1. The zero-order valence-electron chi connectivity index (χ0n) is 13.4. The maximum absolute atomic E-state index is 12.5. The summed E-state index contributed by atoms with van der Waals surface area (Å²) in [5.74, 6) is -0.0284. The fourth-order valence-corrected chi connectivity index (χ4v) is 2.37. The molecule has 122 valence electrons. The molecule has 0 radical (unpaired) electrons. The summed E-state index contributed by atoms with van der Waals surface area (Å²) in [6, 6.07) is 20.4. The summed E-state index contributed by atoms with van der Waals surface area (Å²) in [5.41, 5.74) is 1.07. The molecule has 1 heterocycles. The molecule has 0 aliphatic rings. The molecule has 1 N–H and O–H groups in total. The smallest absolute Gasteiger partial charge is 0.228 e. The van der Waals surface area contributed by atoms with Gasteiger partial charge in [0.1, 0.15) is 29.5 Å². The number of ketones is 1. The van der Waals surface area contributed by atoms with Crippen LogP contribution in [0.15, 0.2) is 70.3 Å². The van der Waals surface area contributed by atoms with Crippen LogP contribution >= 0.6 is 0 Å². The number of nitriles is 3. The number of carbonyl (C=O) groups excluding carboxylic acids is 1. The van der Waals surface area contributed by atoms with Gasteiger partial charge in [0.15, 0.2) is 11.3 Å². The van der Waals surface area contributed by atoms with Crippen molar-refractivity contribution >= 4 is 22.4 Å². The van der Waals surface area contributed by atoms with Gasteiger partial charge in [-0.05, 0) is 36.4 Å². The Kier molecular flexibility index (Phi) is 4.48. The van der Waals surface area contributed by atoms with E-state index in [2.05, 4.69) is 5.32 Å². The number of nitrogens with zero attached hydrogens (tertiary/aromatic N) is 3. The number of benzene rings is 2. The molecule has 0 saturated carbocycles. The molecule has 6 nitrogen and oxygen atoms in total. The molecule has 3 aromatic rings. The van der Waals surface area contributed by atoms with Crippen LogP contribution in [0.4, 0.5) is 5.69 Å². The van der Waals surface area contributed by atoms with Gasteiger partial charge in [-0.1, -0.05) is 18.2 Å². The number of anilines is 1. The van der Waals surface area contributed by atoms with Gasteiger partial charge in [0.2, 0.25) is 5.78 Å². The first-order valence-electron chi connectivity index (χ1n) is 7.51. The number of para-hydroxylation sites is 1. The highest BCUT2D eigenvalue weighted by atomic mass is 16.3. The van der Waals surface area contributed by atoms with Gasteiger partial charge in [-0.2, -0.15) is 15.8 Å². The van der Waals surface area contributed by atoms with E-state index < -0.39 is 0 Å². The summed E-state index contributed by atoms with van der Waals surface area (Å²) in [5, 5.41) is 30.2. The Balaban J connectivity index is 1.85. The van der Waals surface area contributed by atoms with Crippen molar-refractivity contribution in [1.82, 2.24) is 0 Å². The van der Waals surface area contributed by atoms with E-state index in [1.807, 2.05) is 18.2 Å². The van der Waals surface area contributed by atoms with Crippen LogP contribution in [0, 0.1) is 34.0 Å². The zero-order valence-corrected chi connectivity index (χ0v) is 13.4. The van der Waals surface area contributed by atoms with Crippen LogP contribution < -0.4 is 5.32 Å². The molecule has 0 fully saturated rings. The van der Waals surface area contributed by atoms with Gasteiger partial charge in [-0.3, -0.25) is 4.79 Å². The maximum Gasteiger partial charge on any atom is 0.228 e. The molecular weight excluding hydrogens is 328 g/mol. The van der Waals surface area contributed by atoms with Gasteiger partial charge < -0.3 is 9.73 Å². The fraction of sp³-hybridized carbons (Fsp3) is 0. The minimum Gasteiger partial charge on any atom is -0.453 e. The van der Waals surface area contributed by atoms with Crippen molar-refractivity contribution in [2.75, 3.05) is 5.32 Å². The monoisotopic (exact) mass is 338 g/mol. The SMILES string of the molecule is N#CC(C#N)=C(C#N)Nc1ccc(C(=O)c2cc3ccccc3o2)cc1. The minimum atomic E-state index is -0.310. The Morgan fingerprint density at radius 3 is 2.23 bits per heavy atom. The molecule has 1 aromatic heterocycles. The van der Waals surface area contributed by atoms with Crippen LogP contribution in [0.25, 0.3) is 11.0 Å². The van der Waals surface area contributed by atoms with Crippen LogP contribution in [-0.4, -0.2) is 5.78 Å². The topological polar surface area (TPSA) is 114 Å².